The Bertz CT molecular complexity index is 120. The van der Waals surface area contributed by atoms with Gasteiger partial charge in [0.05, 0.1) is 6.61 Å². The molecule has 0 aliphatic carbocycles. The van der Waals surface area contributed by atoms with Gasteiger partial charge in [-0.3, -0.25) is 0 Å². The van der Waals surface area contributed by atoms with Crippen molar-refractivity contribution in [1.82, 2.24) is 10.2 Å². The van der Waals surface area contributed by atoms with Crippen LogP contribution in [0.3, 0.4) is 0 Å². The highest BCUT2D eigenvalue weighted by molar-refractivity contribution is 4.69. The maximum atomic E-state index is 8.97. The van der Waals surface area contributed by atoms with Crippen LogP contribution in [-0.4, -0.2) is 49.3 Å². The van der Waals surface area contributed by atoms with Gasteiger partial charge in [0.15, 0.2) is 0 Å². The Labute approximate surface area is 81.1 Å². The number of hydrogen-bond donors (Lipinski definition) is 2. The molecule has 1 heterocycles. The van der Waals surface area contributed by atoms with E-state index in [9.17, 15) is 0 Å². The monoisotopic (exact) mass is 186 g/mol. The Kier molecular flexibility index (Phi) is 5.35. The number of aliphatic hydroxyl groups is 1. The smallest absolute Gasteiger partial charge is 0.0585 e. The molecule has 2 N–H and O–H groups in total. The number of likely N-dealkylation sites (tertiary alicyclic amines) is 1. The fourth-order valence-electron chi connectivity index (χ4n) is 1.85. The number of likely N-dealkylation sites (N-methyl/N-ethyl adjacent to an activating group) is 1. The van der Waals surface area contributed by atoms with E-state index in [4.69, 9.17) is 5.11 Å². The van der Waals surface area contributed by atoms with Crippen LogP contribution in [0.5, 0.6) is 0 Å². The van der Waals surface area contributed by atoms with Gasteiger partial charge in [0.2, 0.25) is 0 Å². The third-order valence-corrected chi connectivity index (χ3v) is 2.87. The molecule has 1 aliphatic heterocycles. The lowest BCUT2D eigenvalue weighted by molar-refractivity contribution is 0.192. The third kappa shape index (κ3) is 4.07. The van der Waals surface area contributed by atoms with Crippen molar-refractivity contribution in [3.63, 3.8) is 0 Å². The normalized spacial score (nSPS) is 21.7. The van der Waals surface area contributed by atoms with Gasteiger partial charge in [-0.15, -0.1) is 0 Å². The molecular formula is C10H22N2O. The van der Waals surface area contributed by atoms with Crippen molar-refractivity contribution >= 4 is 0 Å². The molecule has 0 bridgehead atoms. The Morgan fingerprint density at radius 1 is 1.31 bits per heavy atom. The number of nitrogens with zero attached hydrogens (tertiary/aromatic N) is 1. The van der Waals surface area contributed by atoms with Crippen LogP contribution in [0.1, 0.15) is 25.7 Å². The van der Waals surface area contributed by atoms with E-state index in [0.29, 0.717) is 0 Å². The van der Waals surface area contributed by atoms with Crippen LogP contribution in [0.2, 0.25) is 0 Å². The lowest BCUT2D eigenvalue weighted by Crippen LogP contribution is -2.36. The molecule has 1 unspecified atom stereocenters. The summed E-state index contributed by atoms with van der Waals surface area (Å²) in [6.07, 6.45) is 5.16. The third-order valence-electron chi connectivity index (χ3n) is 2.87. The molecule has 0 radical (unpaired) electrons. The van der Waals surface area contributed by atoms with E-state index in [1.54, 1.807) is 0 Å². The average Bonchev–Trinajstić information content (AvgIpc) is 2.21. The first-order chi connectivity index (χ1) is 6.36. The van der Waals surface area contributed by atoms with Crippen LogP contribution in [0, 0.1) is 0 Å². The van der Waals surface area contributed by atoms with Crippen LogP contribution in [0.4, 0.5) is 0 Å². The van der Waals surface area contributed by atoms with E-state index in [-0.39, 0.29) is 12.6 Å². The lowest BCUT2D eigenvalue weighted by atomic mass is 10.1. The molecule has 0 aromatic rings. The number of piperidine rings is 1. The van der Waals surface area contributed by atoms with Crippen LogP contribution < -0.4 is 5.32 Å². The molecular weight excluding hydrogens is 164 g/mol. The fraction of sp³-hybridized carbons (Fsp3) is 1.00. The second kappa shape index (κ2) is 6.35. The molecule has 1 saturated heterocycles. The summed E-state index contributed by atoms with van der Waals surface area (Å²) < 4.78 is 0. The largest absolute Gasteiger partial charge is 0.395 e. The Morgan fingerprint density at radius 3 is 2.54 bits per heavy atom. The molecule has 3 heteroatoms. The topological polar surface area (TPSA) is 35.5 Å². The van der Waals surface area contributed by atoms with Gasteiger partial charge < -0.3 is 15.3 Å². The van der Waals surface area contributed by atoms with E-state index in [1.165, 1.54) is 32.4 Å². The number of aliphatic hydroxyl groups excluding tert-OH is 1. The number of nitrogens with one attached hydrogen (secondary N) is 1. The van der Waals surface area contributed by atoms with Crippen LogP contribution >= 0.6 is 0 Å². The zero-order valence-corrected chi connectivity index (χ0v) is 8.63. The molecule has 0 aromatic carbocycles. The van der Waals surface area contributed by atoms with Crippen molar-refractivity contribution < 1.29 is 5.11 Å². The molecule has 78 valence electrons. The lowest BCUT2D eigenvalue weighted by Gasteiger charge is -2.27. The highest BCUT2D eigenvalue weighted by Gasteiger charge is 2.11. The van der Waals surface area contributed by atoms with Gasteiger partial charge >= 0.3 is 0 Å². The summed E-state index contributed by atoms with van der Waals surface area (Å²) in [4.78, 5) is 2.50. The van der Waals surface area contributed by atoms with E-state index in [1.807, 2.05) is 7.05 Å². The standard InChI is InChI=1S/C10H22N2O/c1-11-10(9-13)5-8-12-6-3-2-4-7-12/h10-11,13H,2-9H2,1H3. The van der Waals surface area contributed by atoms with Crippen LogP contribution in [-0.2, 0) is 0 Å². The second-order valence-corrected chi connectivity index (χ2v) is 3.86. The molecule has 1 atom stereocenters. The van der Waals surface area contributed by atoms with E-state index in [2.05, 4.69) is 10.2 Å². The summed E-state index contributed by atoms with van der Waals surface area (Å²) in [5, 5.41) is 12.1. The predicted octanol–water partition coefficient (Wildman–Crippen LogP) is 0.443. The van der Waals surface area contributed by atoms with Gasteiger partial charge in [-0.1, -0.05) is 6.42 Å². The summed E-state index contributed by atoms with van der Waals surface area (Å²) >= 11 is 0. The SMILES string of the molecule is CNC(CO)CCN1CCCCC1. The first kappa shape index (κ1) is 11.0. The summed E-state index contributed by atoms with van der Waals surface area (Å²) in [6, 6.07) is 0.280. The van der Waals surface area contributed by atoms with Gasteiger partial charge in [-0.25, -0.2) is 0 Å². The quantitative estimate of drug-likeness (QED) is 0.654. The van der Waals surface area contributed by atoms with E-state index >= 15 is 0 Å². The van der Waals surface area contributed by atoms with Crippen molar-refractivity contribution in [2.24, 2.45) is 0 Å². The first-order valence-corrected chi connectivity index (χ1v) is 5.37. The van der Waals surface area contributed by atoms with Gasteiger partial charge in [0.1, 0.15) is 0 Å². The summed E-state index contributed by atoms with van der Waals surface area (Å²) in [5.41, 5.74) is 0. The van der Waals surface area contributed by atoms with Crippen molar-refractivity contribution in [2.75, 3.05) is 33.3 Å². The van der Waals surface area contributed by atoms with Gasteiger partial charge in [0.25, 0.3) is 0 Å². The molecule has 1 rings (SSSR count). The van der Waals surface area contributed by atoms with E-state index in [0.717, 1.165) is 13.0 Å². The van der Waals surface area contributed by atoms with Crippen molar-refractivity contribution in [1.29, 1.82) is 0 Å². The fourth-order valence-corrected chi connectivity index (χ4v) is 1.85. The summed E-state index contributed by atoms with van der Waals surface area (Å²) in [7, 11) is 1.91. The van der Waals surface area contributed by atoms with Crippen molar-refractivity contribution in [3.8, 4) is 0 Å². The highest BCUT2D eigenvalue weighted by atomic mass is 16.3. The highest BCUT2D eigenvalue weighted by Crippen LogP contribution is 2.09. The van der Waals surface area contributed by atoms with Crippen LogP contribution in [0.25, 0.3) is 0 Å². The zero-order chi connectivity index (χ0) is 9.52. The van der Waals surface area contributed by atoms with Crippen LogP contribution in [0.15, 0.2) is 0 Å². The molecule has 0 aromatic heterocycles. The molecule has 0 spiro atoms. The maximum absolute atomic E-state index is 8.97. The molecule has 1 fully saturated rings. The molecule has 0 amide bonds. The van der Waals surface area contributed by atoms with Gasteiger partial charge in [0, 0.05) is 6.04 Å². The zero-order valence-electron chi connectivity index (χ0n) is 8.63. The Hall–Kier alpha value is -0.120. The number of hydrogen-bond acceptors (Lipinski definition) is 3. The Balaban J connectivity index is 2.09. The molecule has 13 heavy (non-hydrogen) atoms. The minimum Gasteiger partial charge on any atom is -0.395 e. The van der Waals surface area contributed by atoms with Gasteiger partial charge in [-0.2, -0.15) is 0 Å². The summed E-state index contributed by atoms with van der Waals surface area (Å²) in [6.45, 7) is 3.89. The first-order valence-electron chi connectivity index (χ1n) is 5.37. The van der Waals surface area contributed by atoms with Crippen molar-refractivity contribution in [2.45, 2.75) is 31.7 Å². The predicted molar refractivity (Wildman–Crippen MR) is 54.8 cm³/mol. The minimum atomic E-state index is 0.254. The minimum absolute atomic E-state index is 0.254. The number of rotatable bonds is 5. The summed E-state index contributed by atoms with van der Waals surface area (Å²) in [5.74, 6) is 0. The average molecular weight is 186 g/mol. The van der Waals surface area contributed by atoms with Crippen molar-refractivity contribution in [3.05, 3.63) is 0 Å². The van der Waals surface area contributed by atoms with Gasteiger partial charge in [-0.05, 0) is 45.9 Å². The Morgan fingerprint density at radius 2 is 2.00 bits per heavy atom. The molecule has 1 aliphatic rings. The van der Waals surface area contributed by atoms with E-state index < -0.39 is 0 Å². The molecule has 0 saturated carbocycles. The second-order valence-electron chi connectivity index (χ2n) is 3.86. The maximum Gasteiger partial charge on any atom is 0.0585 e. The molecule has 3 nitrogen and oxygen atoms in total.